The second-order valence-electron chi connectivity index (χ2n) is 4.26. The molecule has 2 rings (SSSR count). The topological polar surface area (TPSA) is 52.8 Å². The normalized spacial score (nSPS) is 11.8. The van der Waals surface area contributed by atoms with Gasteiger partial charge >= 0.3 is 6.18 Å². The number of hydrogen-bond acceptors (Lipinski definition) is 4. The van der Waals surface area contributed by atoms with E-state index in [2.05, 4.69) is 20.3 Å². The lowest BCUT2D eigenvalue weighted by molar-refractivity contribution is -0.173. The van der Waals surface area contributed by atoms with Crippen molar-refractivity contribution in [3.05, 3.63) is 40.7 Å². The van der Waals surface area contributed by atoms with E-state index >= 15 is 0 Å². The zero-order valence-corrected chi connectivity index (χ0v) is 11.6. The predicted molar refractivity (Wildman–Crippen MR) is 68.9 cm³/mol. The summed E-state index contributed by atoms with van der Waals surface area (Å²) in [5.41, 5.74) is 0.823. The molecule has 1 heterocycles. The first-order valence-electron chi connectivity index (χ1n) is 6.08. The average molecular weight is 321 g/mol. The van der Waals surface area contributed by atoms with E-state index in [-0.39, 0.29) is 13.0 Å². The first-order valence-corrected chi connectivity index (χ1v) is 6.46. The van der Waals surface area contributed by atoms with Crippen molar-refractivity contribution < 1.29 is 17.9 Å². The first kappa shape index (κ1) is 15.7. The highest BCUT2D eigenvalue weighted by Gasteiger charge is 2.27. The number of ether oxygens (including phenoxy) is 1. The Hall–Kier alpha value is -1.67. The second-order valence-corrected chi connectivity index (χ2v) is 4.67. The van der Waals surface area contributed by atoms with Crippen LogP contribution in [0.4, 0.5) is 13.2 Å². The fourth-order valence-electron chi connectivity index (χ4n) is 1.66. The molecule has 21 heavy (non-hydrogen) atoms. The molecule has 1 aromatic heterocycles. The van der Waals surface area contributed by atoms with Crippen LogP contribution in [0.15, 0.2) is 24.3 Å². The smallest absolute Gasteiger partial charge is 0.372 e. The molecule has 0 fully saturated rings. The quantitative estimate of drug-likeness (QED) is 0.767. The van der Waals surface area contributed by atoms with Gasteiger partial charge in [0.1, 0.15) is 6.61 Å². The number of benzene rings is 1. The number of halogens is 4. The van der Waals surface area contributed by atoms with Gasteiger partial charge in [-0.25, -0.2) is 4.68 Å². The van der Waals surface area contributed by atoms with Gasteiger partial charge in [-0.05, 0) is 22.1 Å². The largest absolute Gasteiger partial charge is 0.411 e. The van der Waals surface area contributed by atoms with E-state index in [1.807, 2.05) is 12.1 Å². The molecule has 0 amide bonds. The number of alkyl halides is 3. The molecule has 0 radical (unpaired) electrons. The third-order valence-electron chi connectivity index (χ3n) is 2.62. The Kier molecular flexibility index (Phi) is 5.13. The number of rotatable bonds is 6. The molecule has 1 aromatic carbocycles. The maximum atomic E-state index is 11.9. The molecular weight excluding hydrogens is 309 g/mol. The Bertz CT molecular complexity index is 588. The molecule has 0 aliphatic carbocycles. The lowest BCUT2D eigenvalue weighted by Gasteiger charge is -2.08. The third kappa shape index (κ3) is 4.98. The summed E-state index contributed by atoms with van der Waals surface area (Å²) in [5, 5.41) is 11.7. The number of hydrogen-bond donors (Lipinski definition) is 0. The molecular formula is C12H12ClF3N4O. The van der Waals surface area contributed by atoms with Crippen molar-refractivity contribution >= 4 is 11.6 Å². The maximum Gasteiger partial charge on any atom is 0.411 e. The summed E-state index contributed by atoms with van der Waals surface area (Å²) in [4.78, 5) is 0. The van der Waals surface area contributed by atoms with Crippen LogP contribution >= 0.6 is 11.6 Å². The molecule has 0 bridgehead atoms. The van der Waals surface area contributed by atoms with Gasteiger partial charge in [-0.3, -0.25) is 0 Å². The van der Waals surface area contributed by atoms with Crippen LogP contribution in [0, 0.1) is 0 Å². The van der Waals surface area contributed by atoms with E-state index < -0.39 is 12.8 Å². The number of aromatic nitrogens is 4. The van der Waals surface area contributed by atoms with Gasteiger partial charge in [0.05, 0.1) is 13.2 Å². The maximum absolute atomic E-state index is 11.9. The molecule has 0 saturated heterocycles. The summed E-state index contributed by atoms with van der Waals surface area (Å²) >= 11 is 6.04. The molecule has 0 unspecified atom stereocenters. The van der Waals surface area contributed by atoms with Gasteiger partial charge in [0.25, 0.3) is 0 Å². The lowest BCUT2D eigenvalue weighted by atomic mass is 10.2. The van der Waals surface area contributed by atoms with E-state index in [9.17, 15) is 13.2 Å². The fraction of sp³-hybridized carbons (Fsp3) is 0.417. The van der Waals surface area contributed by atoms with Crippen LogP contribution in [0.3, 0.4) is 0 Å². The fourth-order valence-corrected chi connectivity index (χ4v) is 1.86. The minimum absolute atomic E-state index is 0.109. The summed E-state index contributed by atoms with van der Waals surface area (Å²) in [5.74, 6) is 0.442. The Labute approximate surface area is 123 Å². The van der Waals surface area contributed by atoms with Crippen LogP contribution in [-0.2, 0) is 17.7 Å². The van der Waals surface area contributed by atoms with Crippen LogP contribution in [0.5, 0.6) is 0 Å². The van der Waals surface area contributed by atoms with Gasteiger partial charge in [0.2, 0.25) is 0 Å². The standard InChI is InChI=1S/C12H12ClF3N4O/c13-10-4-2-1-3-9(10)7-20-11(17-18-19-20)5-6-21-8-12(14,15)16/h1-4H,5-8H2. The van der Waals surface area contributed by atoms with Crippen LogP contribution in [-0.4, -0.2) is 39.6 Å². The second kappa shape index (κ2) is 6.86. The molecule has 114 valence electrons. The Morgan fingerprint density at radius 2 is 2.00 bits per heavy atom. The van der Waals surface area contributed by atoms with Gasteiger partial charge in [0, 0.05) is 11.4 Å². The Morgan fingerprint density at radius 3 is 2.71 bits per heavy atom. The highest BCUT2D eigenvalue weighted by atomic mass is 35.5. The summed E-state index contributed by atoms with van der Waals surface area (Å²) < 4.78 is 41.9. The van der Waals surface area contributed by atoms with Crippen LogP contribution in [0.2, 0.25) is 5.02 Å². The average Bonchev–Trinajstić information content (AvgIpc) is 2.84. The summed E-state index contributed by atoms with van der Waals surface area (Å²) in [6.07, 6.45) is -4.14. The van der Waals surface area contributed by atoms with Crippen molar-refractivity contribution in [3.8, 4) is 0 Å². The molecule has 0 N–H and O–H groups in total. The van der Waals surface area contributed by atoms with E-state index in [0.29, 0.717) is 17.4 Å². The molecule has 0 atom stereocenters. The predicted octanol–water partition coefficient (Wildman–Crippen LogP) is 2.50. The van der Waals surface area contributed by atoms with Gasteiger partial charge in [-0.2, -0.15) is 13.2 Å². The summed E-state index contributed by atoms with van der Waals surface area (Å²) in [6, 6.07) is 7.20. The SMILES string of the molecule is FC(F)(F)COCCc1nnnn1Cc1ccccc1Cl. The van der Waals surface area contributed by atoms with E-state index in [1.165, 1.54) is 4.68 Å². The molecule has 0 aliphatic heterocycles. The Balaban J connectivity index is 1.92. The van der Waals surface area contributed by atoms with Crippen molar-refractivity contribution in [3.63, 3.8) is 0 Å². The van der Waals surface area contributed by atoms with Crippen LogP contribution < -0.4 is 0 Å². The van der Waals surface area contributed by atoms with Crippen molar-refractivity contribution in [2.45, 2.75) is 19.1 Å². The number of nitrogens with zero attached hydrogens (tertiary/aromatic N) is 4. The van der Waals surface area contributed by atoms with Gasteiger partial charge in [-0.15, -0.1) is 5.10 Å². The van der Waals surface area contributed by atoms with Gasteiger partial charge < -0.3 is 4.74 Å². The van der Waals surface area contributed by atoms with Crippen molar-refractivity contribution in [2.24, 2.45) is 0 Å². The van der Waals surface area contributed by atoms with Crippen LogP contribution in [0.25, 0.3) is 0 Å². The van der Waals surface area contributed by atoms with Crippen molar-refractivity contribution in [1.82, 2.24) is 20.2 Å². The summed E-state index contributed by atoms with van der Waals surface area (Å²) in [7, 11) is 0. The van der Waals surface area contributed by atoms with Gasteiger partial charge in [0.15, 0.2) is 5.82 Å². The lowest BCUT2D eigenvalue weighted by Crippen LogP contribution is -2.18. The molecule has 0 saturated carbocycles. The van der Waals surface area contributed by atoms with Crippen LogP contribution in [0.1, 0.15) is 11.4 Å². The third-order valence-corrected chi connectivity index (χ3v) is 2.99. The molecule has 9 heteroatoms. The number of tetrazole rings is 1. The van der Waals surface area contributed by atoms with Crippen molar-refractivity contribution in [1.29, 1.82) is 0 Å². The van der Waals surface area contributed by atoms with E-state index in [0.717, 1.165) is 5.56 Å². The first-order chi connectivity index (χ1) is 9.96. The van der Waals surface area contributed by atoms with Gasteiger partial charge in [-0.1, -0.05) is 29.8 Å². The zero-order chi connectivity index (χ0) is 15.3. The summed E-state index contributed by atoms with van der Waals surface area (Å²) in [6.45, 7) is -1.04. The monoisotopic (exact) mass is 320 g/mol. The van der Waals surface area contributed by atoms with Crippen molar-refractivity contribution in [2.75, 3.05) is 13.2 Å². The molecule has 5 nitrogen and oxygen atoms in total. The Morgan fingerprint density at radius 1 is 1.24 bits per heavy atom. The zero-order valence-electron chi connectivity index (χ0n) is 10.8. The molecule has 0 aliphatic rings. The highest BCUT2D eigenvalue weighted by molar-refractivity contribution is 6.31. The highest BCUT2D eigenvalue weighted by Crippen LogP contribution is 2.16. The van der Waals surface area contributed by atoms with E-state index in [1.54, 1.807) is 12.1 Å². The minimum atomic E-state index is -4.33. The molecule has 2 aromatic rings. The minimum Gasteiger partial charge on any atom is -0.372 e. The molecule has 0 spiro atoms. The van der Waals surface area contributed by atoms with E-state index in [4.69, 9.17) is 11.6 Å².